The molecule has 98 valence electrons. The van der Waals surface area contributed by atoms with Crippen molar-refractivity contribution in [1.29, 1.82) is 0 Å². The molecule has 0 unspecified atom stereocenters. The zero-order chi connectivity index (χ0) is 13.6. The Hall–Kier alpha value is -1.24. The van der Waals surface area contributed by atoms with Crippen molar-refractivity contribution in [1.82, 2.24) is 0 Å². The maximum Gasteiger partial charge on any atom is 0.371 e. The molecule has 0 saturated carbocycles. The van der Waals surface area contributed by atoms with Gasteiger partial charge in [-0.15, -0.1) is 0 Å². The van der Waals surface area contributed by atoms with Gasteiger partial charge in [0.1, 0.15) is 4.75 Å². The maximum atomic E-state index is 11.2. The topological polar surface area (TPSA) is 89.9 Å². The lowest BCUT2D eigenvalue weighted by Gasteiger charge is -2.16. The first-order valence-electron chi connectivity index (χ1n) is 4.92. The second kappa shape index (κ2) is 6.48. The van der Waals surface area contributed by atoms with Crippen molar-refractivity contribution in [2.75, 3.05) is 6.79 Å². The fraction of sp³-hybridized carbons (Fsp3) is 0.700. The summed E-state index contributed by atoms with van der Waals surface area (Å²) in [6.45, 7) is 5.54. The van der Waals surface area contributed by atoms with Crippen LogP contribution in [0.2, 0.25) is 0 Å². The van der Waals surface area contributed by atoms with Gasteiger partial charge in [0.05, 0.1) is 5.92 Å². The number of carbonyl (C=O) groups excluding carboxylic acids is 2. The molecule has 0 fully saturated rings. The van der Waals surface area contributed by atoms with Gasteiger partial charge in [-0.05, 0) is 25.6 Å². The Bertz CT molecular complexity index is 310. The number of esters is 1. The predicted molar refractivity (Wildman–Crippen MR) is 61.6 cm³/mol. The highest BCUT2D eigenvalue weighted by Gasteiger charge is 2.32. The molecular formula is C10H16O6S. The van der Waals surface area contributed by atoms with E-state index in [1.54, 1.807) is 13.8 Å². The third-order valence-electron chi connectivity index (χ3n) is 1.70. The minimum absolute atomic E-state index is 0.309. The van der Waals surface area contributed by atoms with Gasteiger partial charge >= 0.3 is 17.2 Å². The standard InChI is InChI=1S/C10H16O6S/c1-6(2)7(11)15-5-16-9(14)17-10(3,4)8(12)13/h6H,5H2,1-4H3,(H,12,13). The van der Waals surface area contributed by atoms with Gasteiger partial charge in [-0.2, -0.15) is 0 Å². The summed E-state index contributed by atoms with van der Waals surface area (Å²) in [4.78, 5) is 32.9. The minimum Gasteiger partial charge on any atom is -0.480 e. The van der Waals surface area contributed by atoms with Crippen LogP contribution in [-0.2, 0) is 19.1 Å². The molecule has 0 aromatic carbocycles. The highest BCUT2D eigenvalue weighted by Crippen LogP contribution is 2.26. The van der Waals surface area contributed by atoms with Gasteiger partial charge in [-0.25, -0.2) is 4.79 Å². The monoisotopic (exact) mass is 264 g/mol. The zero-order valence-corrected chi connectivity index (χ0v) is 11.0. The van der Waals surface area contributed by atoms with Gasteiger partial charge in [-0.3, -0.25) is 9.59 Å². The molecule has 0 amide bonds. The number of aliphatic carboxylic acids is 1. The molecule has 0 heterocycles. The quantitative estimate of drug-likeness (QED) is 0.598. The molecule has 0 saturated heterocycles. The normalized spacial score (nSPS) is 11.1. The van der Waals surface area contributed by atoms with E-state index in [-0.39, 0.29) is 5.92 Å². The van der Waals surface area contributed by atoms with Crippen LogP contribution >= 0.6 is 11.8 Å². The van der Waals surface area contributed by atoms with Crippen LogP contribution in [0.3, 0.4) is 0 Å². The van der Waals surface area contributed by atoms with Gasteiger partial charge in [0.25, 0.3) is 0 Å². The second-order valence-electron chi connectivity index (χ2n) is 4.05. The first-order valence-corrected chi connectivity index (χ1v) is 5.74. The molecule has 0 aromatic heterocycles. The Labute approximate surface area is 104 Å². The van der Waals surface area contributed by atoms with Gasteiger partial charge in [0, 0.05) is 0 Å². The summed E-state index contributed by atoms with van der Waals surface area (Å²) in [7, 11) is 0. The molecule has 0 radical (unpaired) electrons. The summed E-state index contributed by atoms with van der Waals surface area (Å²) in [6, 6.07) is 0. The first kappa shape index (κ1) is 15.8. The van der Waals surface area contributed by atoms with Crippen LogP contribution in [-0.4, -0.2) is 33.9 Å². The third-order valence-corrected chi connectivity index (χ3v) is 2.67. The molecule has 0 atom stereocenters. The number of hydrogen-bond donors (Lipinski definition) is 1. The fourth-order valence-electron chi connectivity index (χ4n) is 0.584. The number of carbonyl (C=O) groups is 3. The Morgan fingerprint density at radius 1 is 1.24 bits per heavy atom. The van der Waals surface area contributed by atoms with Crippen molar-refractivity contribution in [3.63, 3.8) is 0 Å². The molecule has 0 aromatic rings. The largest absolute Gasteiger partial charge is 0.480 e. The number of carboxylic acid groups (broad SMARTS) is 1. The molecule has 0 spiro atoms. The van der Waals surface area contributed by atoms with Crippen molar-refractivity contribution in [2.45, 2.75) is 32.4 Å². The van der Waals surface area contributed by atoms with Crippen LogP contribution in [0.5, 0.6) is 0 Å². The number of thioether (sulfide) groups is 1. The summed E-state index contributed by atoms with van der Waals surface area (Å²) < 4.78 is 7.89. The van der Waals surface area contributed by atoms with Gasteiger partial charge in [0.2, 0.25) is 6.79 Å². The van der Waals surface area contributed by atoms with E-state index in [9.17, 15) is 14.4 Å². The molecule has 7 heteroatoms. The van der Waals surface area contributed by atoms with E-state index in [0.29, 0.717) is 11.8 Å². The molecule has 1 N–H and O–H groups in total. The summed E-state index contributed by atoms with van der Waals surface area (Å²) in [5, 5.41) is 7.97. The van der Waals surface area contributed by atoms with Crippen LogP contribution in [0.1, 0.15) is 27.7 Å². The Balaban J connectivity index is 3.97. The SMILES string of the molecule is CC(C)C(=O)OCOC(=O)SC(C)(C)C(=O)O. The number of ether oxygens (including phenoxy) is 2. The van der Waals surface area contributed by atoms with Crippen LogP contribution in [0, 0.1) is 5.92 Å². The molecule has 0 aliphatic rings. The predicted octanol–water partition coefficient (Wildman–Crippen LogP) is 1.88. The molecule has 17 heavy (non-hydrogen) atoms. The van der Waals surface area contributed by atoms with E-state index >= 15 is 0 Å². The summed E-state index contributed by atoms with van der Waals surface area (Å²) in [6.07, 6.45) is 0. The molecule has 0 bridgehead atoms. The van der Waals surface area contributed by atoms with Crippen LogP contribution in [0.15, 0.2) is 0 Å². The van der Waals surface area contributed by atoms with Crippen LogP contribution in [0.4, 0.5) is 4.79 Å². The van der Waals surface area contributed by atoms with E-state index in [2.05, 4.69) is 9.47 Å². The summed E-state index contributed by atoms with van der Waals surface area (Å²) in [5.41, 5.74) is 0. The Morgan fingerprint density at radius 2 is 1.76 bits per heavy atom. The minimum atomic E-state index is -1.28. The summed E-state index contributed by atoms with van der Waals surface area (Å²) >= 11 is 0.518. The number of hydrogen-bond acceptors (Lipinski definition) is 6. The number of carboxylic acids is 1. The lowest BCUT2D eigenvalue weighted by molar-refractivity contribution is -0.155. The molecule has 0 rings (SSSR count). The van der Waals surface area contributed by atoms with Crippen molar-refractivity contribution in [2.24, 2.45) is 5.92 Å². The second-order valence-corrected chi connectivity index (χ2v) is 5.61. The lowest BCUT2D eigenvalue weighted by atomic mass is 10.2. The average molecular weight is 264 g/mol. The average Bonchev–Trinajstić information content (AvgIpc) is 2.16. The molecule has 0 aliphatic heterocycles. The van der Waals surface area contributed by atoms with E-state index in [4.69, 9.17) is 5.11 Å². The van der Waals surface area contributed by atoms with Gasteiger partial charge < -0.3 is 14.6 Å². The summed E-state index contributed by atoms with van der Waals surface area (Å²) in [5.74, 6) is -1.92. The maximum absolute atomic E-state index is 11.2. The van der Waals surface area contributed by atoms with E-state index in [1.165, 1.54) is 13.8 Å². The molecule has 6 nitrogen and oxygen atoms in total. The van der Waals surface area contributed by atoms with E-state index in [0.717, 1.165) is 0 Å². The van der Waals surface area contributed by atoms with Crippen molar-refractivity contribution in [3.05, 3.63) is 0 Å². The van der Waals surface area contributed by atoms with Crippen molar-refractivity contribution in [3.8, 4) is 0 Å². The Morgan fingerprint density at radius 3 is 2.18 bits per heavy atom. The zero-order valence-electron chi connectivity index (χ0n) is 10.2. The van der Waals surface area contributed by atoms with E-state index < -0.39 is 28.8 Å². The van der Waals surface area contributed by atoms with Crippen LogP contribution in [0.25, 0.3) is 0 Å². The van der Waals surface area contributed by atoms with Crippen LogP contribution < -0.4 is 0 Å². The molecular weight excluding hydrogens is 248 g/mol. The first-order chi connectivity index (χ1) is 7.66. The van der Waals surface area contributed by atoms with Gasteiger partial charge in [0.15, 0.2) is 0 Å². The van der Waals surface area contributed by atoms with Gasteiger partial charge in [-0.1, -0.05) is 13.8 Å². The fourth-order valence-corrected chi connectivity index (χ4v) is 1.19. The van der Waals surface area contributed by atoms with E-state index in [1.807, 2.05) is 0 Å². The highest BCUT2D eigenvalue weighted by atomic mass is 32.2. The highest BCUT2D eigenvalue weighted by molar-refractivity contribution is 8.15. The van der Waals surface area contributed by atoms with Crippen molar-refractivity contribution >= 4 is 29.0 Å². The Kier molecular flexibility index (Phi) is 6.01. The number of rotatable bonds is 5. The molecule has 0 aliphatic carbocycles. The van der Waals surface area contributed by atoms with Crippen molar-refractivity contribution < 1.29 is 29.0 Å². The smallest absolute Gasteiger partial charge is 0.371 e. The lowest BCUT2D eigenvalue weighted by Crippen LogP contribution is -2.29. The third kappa shape index (κ3) is 6.15.